The Morgan fingerprint density at radius 3 is 2.74 bits per heavy atom. The SMILES string of the molecule is CCOc1ccc(Br)cc1C(Br)c1sccc1OC. The van der Waals surface area contributed by atoms with Gasteiger partial charge in [-0.05, 0) is 36.6 Å². The van der Waals surface area contributed by atoms with E-state index in [-0.39, 0.29) is 4.83 Å². The molecule has 19 heavy (non-hydrogen) atoms. The average molecular weight is 406 g/mol. The second kappa shape index (κ2) is 6.77. The van der Waals surface area contributed by atoms with Crippen LogP contribution in [-0.4, -0.2) is 13.7 Å². The molecular formula is C14H14Br2O2S. The molecule has 1 unspecified atom stereocenters. The van der Waals surface area contributed by atoms with Gasteiger partial charge in [-0.15, -0.1) is 11.3 Å². The van der Waals surface area contributed by atoms with Gasteiger partial charge in [-0.2, -0.15) is 0 Å². The molecule has 1 aromatic carbocycles. The minimum Gasteiger partial charge on any atom is -0.496 e. The number of alkyl halides is 1. The first-order valence-corrected chi connectivity index (χ1v) is 8.44. The molecular weight excluding hydrogens is 392 g/mol. The quantitative estimate of drug-likeness (QED) is 0.619. The summed E-state index contributed by atoms with van der Waals surface area (Å²) in [6.45, 7) is 2.64. The van der Waals surface area contributed by atoms with Crippen molar-refractivity contribution in [2.75, 3.05) is 13.7 Å². The summed E-state index contributed by atoms with van der Waals surface area (Å²) < 4.78 is 12.1. The van der Waals surface area contributed by atoms with E-state index in [0.29, 0.717) is 6.61 Å². The van der Waals surface area contributed by atoms with Crippen molar-refractivity contribution in [1.29, 1.82) is 0 Å². The van der Waals surface area contributed by atoms with E-state index in [4.69, 9.17) is 9.47 Å². The molecule has 5 heteroatoms. The third-order valence-corrected chi connectivity index (χ3v) is 5.36. The molecule has 0 radical (unpaired) electrons. The van der Waals surface area contributed by atoms with Crippen LogP contribution in [0.5, 0.6) is 11.5 Å². The Bertz CT molecular complexity index is 554. The van der Waals surface area contributed by atoms with Crippen LogP contribution in [0.15, 0.2) is 34.1 Å². The molecule has 0 spiro atoms. The Morgan fingerprint density at radius 1 is 1.26 bits per heavy atom. The van der Waals surface area contributed by atoms with Gasteiger partial charge in [0.1, 0.15) is 11.5 Å². The van der Waals surface area contributed by atoms with E-state index in [1.54, 1.807) is 18.4 Å². The summed E-state index contributed by atoms with van der Waals surface area (Å²) in [5.74, 6) is 1.79. The first-order valence-electron chi connectivity index (χ1n) is 5.85. The molecule has 2 aromatic rings. The molecule has 0 N–H and O–H groups in total. The van der Waals surface area contributed by atoms with Gasteiger partial charge >= 0.3 is 0 Å². The van der Waals surface area contributed by atoms with E-state index in [1.807, 2.05) is 30.5 Å². The molecule has 102 valence electrons. The number of hydrogen-bond donors (Lipinski definition) is 0. The molecule has 0 fully saturated rings. The van der Waals surface area contributed by atoms with Gasteiger partial charge in [-0.25, -0.2) is 0 Å². The lowest BCUT2D eigenvalue weighted by molar-refractivity contribution is 0.337. The van der Waals surface area contributed by atoms with Gasteiger partial charge in [0.25, 0.3) is 0 Å². The van der Waals surface area contributed by atoms with Crippen molar-refractivity contribution < 1.29 is 9.47 Å². The summed E-state index contributed by atoms with van der Waals surface area (Å²) in [5.41, 5.74) is 1.09. The van der Waals surface area contributed by atoms with Crippen LogP contribution in [0.2, 0.25) is 0 Å². The Kier molecular flexibility index (Phi) is 5.30. The van der Waals surface area contributed by atoms with Gasteiger partial charge in [0.2, 0.25) is 0 Å². The maximum Gasteiger partial charge on any atom is 0.134 e. The molecule has 0 aliphatic heterocycles. The van der Waals surface area contributed by atoms with Crippen molar-refractivity contribution in [3.05, 3.63) is 44.6 Å². The zero-order valence-corrected chi connectivity index (χ0v) is 14.6. The second-order valence-corrected chi connectivity index (χ2v) is 6.61. The van der Waals surface area contributed by atoms with Gasteiger partial charge in [0.05, 0.1) is 23.4 Å². The molecule has 1 heterocycles. The van der Waals surface area contributed by atoms with E-state index in [2.05, 4.69) is 37.9 Å². The number of thiophene rings is 1. The van der Waals surface area contributed by atoms with Crippen molar-refractivity contribution in [1.82, 2.24) is 0 Å². The van der Waals surface area contributed by atoms with Gasteiger partial charge in [0.15, 0.2) is 0 Å². The van der Waals surface area contributed by atoms with Crippen molar-refractivity contribution >= 4 is 43.2 Å². The van der Waals surface area contributed by atoms with E-state index in [1.165, 1.54) is 0 Å². The predicted octanol–water partition coefficient (Wildman–Crippen LogP) is 5.40. The fourth-order valence-corrected chi connectivity index (χ4v) is 3.95. The normalized spacial score (nSPS) is 12.2. The summed E-state index contributed by atoms with van der Waals surface area (Å²) in [7, 11) is 1.69. The van der Waals surface area contributed by atoms with Crippen LogP contribution in [0.1, 0.15) is 22.2 Å². The van der Waals surface area contributed by atoms with Crippen molar-refractivity contribution in [3.8, 4) is 11.5 Å². The standard InChI is InChI=1S/C14H14Br2O2S/c1-3-18-11-5-4-9(15)8-10(11)13(16)14-12(17-2)6-7-19-14/h4-8,13H,3H2,1-2H3. The first-order chi connectivity index (χ1) is 9.17. The van der Waals surface area contributed by atoms with Gasteiger partial charge in [-0.3, -0.25) is 0 Å². The first kappa shape index (κ1) is 14.9. The van der Waals surface area contributed by atoms with E-state index < -0.39 is 0 Å². The van der Waals surface area contributed by atoms with Crippen LogP contribution in [0.3, 0.4) is 0 Å². The van der Waals surface area contributed by atoms with Crippen molar-refractivity contribution in [2.45, 2.75) is 11.8 Å². The van der Waals surface area contributed by atoms with E-state index in [9.17, 15) is 0 Å². The van der Waals surface area contributed by atoms with Crippen LogP contribution < -0.4 is 9.47 Å². The maximum atomic E-state index is 5.70. The fourth-order valence-electron chi connectivity index (χ4n) is 1.81. The highest BCUT2D eigenvalue weighted by Gasteiger charge is 2.20. The molecule has 1 atom stereocenters. The van der Waals surface area contributed by atoms with Crippen molar-refractivity contribution in [2.24, 2.45) is 0 Å². The van der Waals surface area contributed by atoms with Crippen LogP contribution >= 0.6 is 43.2 Å². The Balaban J connectivity index is 2.42. The largest absolute Gasteiger partial charge is 0.496 e. The number of halogens is 2. The maximum absolute atomic E-state index is 5.70. The molecule has 0 saturated heterocycles. The molecule has 0 amide bonds. The lowest BCUT2D eigenvalue weighted by Crippen LogP contribution is -2.00. The third kappa shape index (κ3) is 3.33. The smallest absolute Gasteiger partial charge is 0.134 e. The monoisotopic (exact) mass is 404 g/mol. The lowest BCUT2D eigenvalue weighted by Gasteiger charge is -2.16. The summed E-state index contributed by atoms with van der Waals surface area (Å²) in [6, 6.07) is 8.02. The van der Waals surface area contributed by atoms with Gasteiger partial charge in [-0.1, -0.05) is 31.9 Å². The second-order valence-electron chi connectivity index (χ2n) is 3.83. The number of ether oxygens (including phenoxy) is 2. The Hall–Kier alpha value is -0.520. The topological polar surface area (TPSA) is 18.5 Å². The minimum atomic E-state index is 0.0569. The minimum absolute atomic E-state index is 0.0569. The van der Waals surface area contributed by atoms with E-state index >= 15 is 0 Å². The summed E-state index contributed by atoms with van der Waals surface area (Å²) >= 11 is 8.93. The molecule has 0 aliphatic rings. The molecule has 1 aromatic heterocycles. The number of hydrogen-bond acceptors (Lipinski definition) is 3. The fraction of sp³-hybridized carbons (Fsp3) is 0.286. The van der Waals surface area contributed by atoms with Crippen LogP contribution in [0, 0.1) is 0 Å². The number of methoxy groups -OCH3 is 1. The lowest BCUT2D eigenvalue weighted by atomic mass is 10.1. The highest BCUT2D eigenvalue weighted by molar-refractivity contribution is 9.10. The average Bonchev–Trinajstić information content (AvgIpc) is 2.88. The highest BCUT2D eigenvalue weighted by atomic mass is 79.9. The summed E-state index contributed by atoms with van der Waals surface area (Å²) in [4.78, 5) is 1.20. The zero-order valence-electron chi connectivity index (χ0n) is 10.7. The zero-order chi connectivity index (χ0) is 13.8. The van der Waals surface area contributed by atoms with Crippen LogP contribution in [0.25, 0.3) is 0 Å². The Morgan fingerprint density at radius 2 is 2.05 bits per heavy atom. The molecule has 0 bridgehead atoms. The summed E-state index contributed by atoms with van der Waals surface area (Å²) in [6.07, 6.45) is 0. The van der Waals surface area contributed by atoms with Gasteiger partial charge < -0.3 is 9.47 Å². The van der Waals surface area contributed by atoms with Crippen molar-refractivity contribution in [3.63, 3.8) is 0 Å². The number of rotatable bonds is 5. The highest BCUT2D eigenvalue weighted by Crippen LogP contribution is 2.44. The van der Waals surface area contributed by atoms with Crippen LogP contribution in [0.4, 0.5) is 0 Å². The van der Waals surface area contributed by atoms with Gasteiger partial charge in [0, 0.05) is 10.0 Å². The summed E-state index contributed by atoms with van der Waals surface area (Å²) in [5, 5.41) is 2.03. The third-order valence-electron chi connectivity index (χ3n) is 2.65. The Labute approximate surface area is 134 Å². The molecule has 2 rings (SSSR count). The molecule has 0 aliphatic carbocycles. The molecule has 2 nitrogen and oxygen atoms in total. The molecule has 0 saturated carbocycles. The van der Waals surface area contributed by atoms with E-state index in [0.717, 1.165) is 26.4 Å². The predicted molar refractivity (Wildman–Crippen MR) is 87.0 cm³/mol. The van der Waals surface area contributed by atoms with Crippen LogP contribution in [-0.2, 0) is 0 Å². The number of benzene rings is 1.